The number of halogens is 2. The van der Waals surface area contributed by atoms with Gasteiger partial charge in [-0.3, -0.25) is 4.79 Å². The number of hydrogen-bond acceptors (Lipinski definition) is 3. The summed E-state index contributed by atoms with van der Waals surface area (Å²) < 4.78 is 14.5. The summed E-state index contributed by atoms with van der Waals surface area (Å²) in [5.41, 5.74) is 1.53. The maximum atomic E-state index is 13.0. The van der Waals surface area contributed by atoms with E-state index in [1.807, 2.05) is 6.92 Å². The van der Waals surface area contributed by atoms with E-state index < -0.39 is 5.82 Å². The van der Waals surface area contributed by atoms with Crippen LogP contribution in [-0.2, 0) is 6.42 Å². The third-order valence-electron chi connectivity index (χ3n) is 2.39. The smallest absolute Gasteiger partial charge is 0.172 e. The van der Waals surface area contributed by atoms with Gasteiger partial charge in [0.25, 0.3) is 0 Å². The van der Waals surface area contributed by atoms with Crippen LogP contribution in [0.15, 0.2) is 18.2 Å². The fourth-order valence-corrected chi connectivity index (χ4v) is 1.73. The van der Waals surface area contributed by atoms with Gasteiger partial charge in [-0.05, 0) is 24.6 Å². The molecule has 1 aromatic heterocycles. The minimum absolute atomic E-state index is 0.00714. The molecule has 17 heavy (non-hydrogen) atoms. The van der Waals surface area contributed by atoms with Crippen molar-refractivity contribution in [1.82, 2.24) is 15.0 Å². The van der Waals surface area contributed by atoms with E-state index in [9.17, 15) is 9.18 Å². The Balaban J connectivity index is 2.56. The van der Waals surface area contributed by atoms with Crippen LogP contribution in [0.3, 0.4) is 0 Å². The monoisotopic (exact) mass is 253 g/mol. The van der Waals surface area contributed by atoms with E-state index >= 15 is 0 Å². The van der Waals surface area contributed by atoms with Gasteiger partial charge in [0.05, 0.1) is 16.4 Å². The first-order chi connectivity index (χ1) is 8.17. The molecule has 0 aliphatic heterocycles. The summed E-state index contributed by atoms with van der Waals surface area (Å²) in [5, 5.41) is 7.60. The number of nitrogens with zero attached hydrogens (tertiary/aromatic N) is 3. The van der Waals surface area contributed by atoms with Crippen molar-refractivity contribution in [3.05, 3.63) is 40.4 Å². The van der Waals surface area contributed by atoms with Crippen molar-refractivity contribution < 1.29 is 9.18 Å². The Bertz CT molecular complexity index is 568. The molecule has 0 spiro atoms. The van der Waals surface area contributed by atoms with Crippen LogP contribution in [0.5, 0.6) is 0 Å². The highest BCUT2D eigenvalue weighted by Crippen LogP contribution is 2.20. The van der Waals surface area contributed by atoms with E-state index in [0.717, 1.165) is 0 Å². The molecule has 0 saturated carbocycles. The first kappa shape index (κ1) is 11.7. The molecule has 2 rings (SSSR count). The fourth-order valence-electron chi connectivity index (χ4n) is 1.56. The van der Waals surface area contributed by atoms with Crippen molar-refractivity contribution in [3.63, 3.8) is 0 Å². The number of carbonyl (C=O) groups excluding carboxylic acids is 1. The summed E-state index contributed by atoms with van der Waals surface area (Å²) in [5.74, 6) is -0.496. The Kier molecular flexibility index (Phi) is 3.19. The van der Waals surface area contributed by atoms with E-state index in [4.69, 9.17) is 11.6 Å². The van der Waals surface area contributed by atoms with Gasteiger partial charge in [-0.15, -0.1) is 5.10 Å². The quantitative estimate of drug-likeness (QED) is 0.790. The average Bonchev–Trinajstić information content (AvgIpc) is 2.75. The van der Waals surface area contributed by atoms with Crippen molar-refractivity contribution >= 4 is 17.9 Å². The molecule has 0 unspecified atom stereocenters. The number of aldehydes is 1. The molecular weight excluding hydrogens is 245 g/mol. The van der Waals surface area contributed by atoms with Gasteiger partial charge in [-0.2, -0.15) is 0 Å². The molecule has 0 aliphatic carbocycles. The third-order valence-corrected chi connectivity index (χ3v) is 2.68. The van der Waals surface area contributed by atoms with E-state index in [0.29, 0.717) is 24.1 Å². The summed E-state index contributed by atoms with van der Waals surface area (Å²) in [6.45, 7) is 1.88. The van der Waals surface area contributed by atoms with Gasteiger partial charge in [0, 0.05) is 0 Å². The van der Waals surface area contributed by atoms with Gasteiger partial charge in [0.15, 0.2) is 6.29 Å². The standard InChI is InChI=1S/C11H9ClFN3O/c1-2-11-10(6-17)14-15-16(11)7-3-4-9(13)8(12)5-7/h3-6H,2H2,1H3. The molecule has 88 valence electrons. The summed E-state index contributed by atoms with van der Waals surface area (Å²) in [7, 11) is 0. The fraction of sp³-hybridized carbons (Fsp3) is 0.182. The summed E-state index contributed by atoms with van der Waals surface area (Å²) in [6, 6.07) is 4.22. The molecule has 0 atom stereocenters. The van der Waals surface area contributed by atoms with Crippen LogP contribution < -0.4 is 0 Å². The van der Waals surface area contributed by atoms with Gasteiger partial charge < -0.3 is 0 Å². The second kappa shape index (κ2) is 4.63. The van der Waals surface area contributed by atoms with Crippen LogP contribution in [0.4, 0.5) is 4.39 Å². The molecule has 1 heterocycles. The molecule has 1 aromatic carbocycles. The lowest BCUT2D eigenvalue weighted by atomic mass is 10.2. The summed E-state index contributed by atoms with van der Waals surface area (Å²) in [4.78, 5) is 10.8. The maximum Gasteiger partial charge on any atom is 0.172 e. The lowest BCUT2D eigenvalue weighted by molar-refractivity contribution is 0.111. The summed E-state index contributed by atoms with van der Waals surface area (Å²) >= 11 is 5.69. The van der Waals surface area contributed by atoms with E-state index in [2.05, 4.69) is 10.3 Å². The Morgan fingerprint density at radius 2 is 2.29 bits per heavy atom. The highest BCUT2D eigenvalue weighted by molar-refractivity contribution is 6.30. The Hall–Kier alpha value is -1.75. The largest absolute Gasteiger partial charge is 0.296 e. The van der Waals surface area contributed by atoms with Crippen LogP contribution in [0, 0.1) is 5.82 Å². The van der Waals surface area contributed by atoms with Gasteiger partial charge in [0.2, 0.25) is 0 Å². The van der Waals surface area contributed by atoms with Gasteiger partial charge in [0.1, 0.15) is 11.5 Å². The van der Waals surface area contributed by atoms with Crippen LogP contribution in [0.1, 0.15) is 23.1 Å². The second-order valence-electron chi connectivity index (χ2n) is 3.40. The number of hydrogen-bond donors (Lipinski definition) is 0. The zero-order valence-electron chi connectivity index (χ0n) is 9.02. The minimum atomic E-state index is -0.496. The number of benzene rings is 1. The van der Waals surface area contributed by atoms with Crippen molar-refractivity contribution in [2.75, 3.05) is 0 Å². The number of carbonyl (C=O) groups is 1. The molecular formula is C11H9ClFN3O. The topological polar surface area (TPSA) is 47.8 Å². The molecule has 0 fully saturated rings. The molecule has 0 radical (unpaired) electrons. The van der Waals surface area contributed by atoms with Gasteiger partial charge in [-0.1, -0.05) is 23.7 Å². The first-order valence-electron chi connectivity index (χ1n) is 5.02. The van der Waals surface area contributed by atoms with Crippen LogP contribution in [0.25, 0.3) is 5.69 Å². The lowest BCUT2D eigenvalue weighted by Gasteiger charge is -2.05. The predicted octanol–water partition coefficient (Wildman–Crippen LogP) is 2.43. The van der Waals surface area contributed by atoms with E-state index in [1.54, 1.807) is 0 Å². The van der Waals surface area contributed by atoms with Gasteiger partial charge >= 0.3 is 0 Å². The molecule has 0 saturated heterocycles. The molecule has 4 nitrogen and oxygen atoms in total. The van der Waals surface area contributed by atoms with Crippen molar-refractivity contribution in [3.8, 4) is 5.69 Å². The molecule has 0 amide bonds. The van der Waals surface area contributed by atoms with Crippen molar-refractivity contribution in [1.29, 1.82) is 0 Å². The number of rotatable bonds is 3. The Morgan fingerprint density at radius 3 is 2.88 bits per heavy atom. The highest BCUT2D eigenvalue weighted by atomic mass is 35.5. The van der Waals surface area contributed by atoms with E-state index in [-0.39, 0.29) is 10.7 Å². The lowest BCUT2D eigenvalue weighted by Crippen LogP contribution is -2.02. The minimum Gasteiger partial charge on any atom is -0.296 e. The van der Waals surface area contributed by atoms with Crippen molar-refractivity contribution in [2.45, 2.75) is 13.3 Å². The molecule has 0 aliphatic rings. The zero-order valence-corrected chi connectivity index (χ0v) is 9.78. The van der Waals surface area contributed by atoms with Gasteiger partial charge in [-0.25, -0.2) is 9.07 Å². The first-order valence-corrected chi connectivity index (χ1v) is 5.40. The molecule has 6 heteroatoms. The predicted molar refractivity (Wildman–Crippen MR) is 61.1 cm³/mol. The van der Waals surface area contributed by atoms with E-state index in [1.165, 1.54) is 22.9 Å². The SMILES string of the molecule is CCc1c(C=O)nnn1-c1ccc(F)c(Cl)c1. The van der Waals surface area contributed by atoms with Crippen LogP contribution in [0.2, 0.25) is 5.02 Å². The maximum absolute atomic E-state index is 13.0. The van der Waals surface area contributed by atoms with Crippen molar-refractivity contribution in [2.24, 2.45) is 0 Å². The highest BCUT2D eigenvalue weighted by Gasteiger charge is 2.12. The summed E-state index contributed by atoms with van der Waals surface area (Å²) in [6.07, 6.45) is 1.24. The number of aromatic nitrogens is 3. The average molecular weight is 254 g/mol. The molecule has 2 aromatic rings. The Morgan fingerprint density at radius 1 is 1.53 bits per heavy atom. The van der Waals surface area contributed by atoms with Crippen LogP contribution in [-0.4, -0.2) is 21.3 Å². The normalized spacial score (nSPS) is 10.5. The Labute approximate surface area is 102 Å². The zero-order chi connectivity index (χ0) is 12.4. The molecule has 0 N–H and O–H groups in total. The molecule has 0 bridgehead atoms. The second-order valence-corrected chi connectivity index (χ2v) is 3.81. The third kappa shape index (κ3) is 2.06. The van der Waals surface area contributed by atoms with Crippen LogP contribution >= 0.6 is 11.6 Å².